The van der Waals surface area contributed by atoms with Crippen LogP contribution in [-0.4, -0.2) is 35.4 Å². The van der Waals surface area contributed by atoms with Gasteiger partial charge < -0.3 is 10.2 Å². The molecule has 4 nitrogen and oxygen atoms in total. The van der Waals surface area contributed by atoms with Gasteiger partial charge in [-0.1, -0.05) is 20.8 Å². The minimum Gasteiger partial charge on any atom is -0.370 e. The highest BCUT2D eigenvalue weighted by Crippen LogP contribution is 2.09. The minimum atomic E-state index is 0.0817. The quantitative estimate of drug-likeness (QED) is 0.783. The van der Waals surface area contributed by atoms with Gasteiger partial charge in [0.05, 0.1) is 5.56 Å². The number of nitrogens with one attached hydrogen (secondary N) is 1. The van der Waals surface area contributed by atoms with Gasteiger partial charge in [-0.2, -0.15) is 0 Å². The van der Waals surface area contributed by atoms with Crippen LogP contribution < -0.4 is 5.32 Å². The van der Waals surface area contributed by atoms with Crippen LogP contribution in [0.15, 0.2) is 18.3 Å². The van der Waals surface area contributed by atoms with Gasteiger partial charge in [0.2, 0.25) is 0 Å². The highest BCUT2D eigenvalue weighted by Gasteiger charge is 2.14. The number of pyridine rings is 1. The molecule has 106 valence electrons. The van der Waals surface area contributed by atoms with E-state index < -0.39 is 0 Å². The molecule has 0 atom stereocenters. The Hall–Kier alpha value is -1.58. The molecule has 1 aromatic rings. The van der Waals surface area contributed by atoms with E-state index in [4.69, 9.17) is 0 Å². The third kappa shape index (κ3) is 4.89. The summed E-state index contributed by atoms with van der Waals surface area (Å²) in [6, 6.07) is 3.73. The van der Waals surface area contributed by atoms with Crippen LogP contribution in [0.5, 0.6) is 0 Å². The van der Waals surface area contributed by atoms with Gasteiger partial charge in [0.1, 0.15) is 5.82 Å². The molecule has 0 bridgehead atoms. The number of hydrogen-bond donors (Lipinski definition) is 1. The van der Waals surface area contributed by atoms with Gasteiger partial charge in [-0.05, 0) is 31.4 Å². The first kappa shape index (κ1) is 15.5. The number of amides is 1. The average Bonchev–Trinajstić information content (AvgIpc) is 2.44. The van der Waals surface area contributed by atoms with Crippen molar-refractivity contribution in [2.75, 3.05) is 25.0 Å². The van der Waals surface area contributed by atoms with Gasteiger partial charge in [0, 0.05) is 25.8 Å². The molecule has 19 heavy (non-hydrogen) atoms. The van der Waals surface area contributed by atoms with Crippen molar-refractivity contribution in [1.29, 1.82) is 0 Å². The lowest BCUT2D eigenvalue weighted by molar-refractivity contribution is 0.0755. The summed E-state index contributed by atoms with van der Waals surface area (Å²) in [5.41, 5.74) is 0.670. The molecule has 0 aliphatic carbocycles. The molecule has 0 spiro atoms. The van der Waals surface area contributed by atoms with Gasteiger partial charge in [0.15, 0.2) is 0 Å². The zero-order valence-corrected chi connectivity index (χ0v) is 12.3. The SMILES string of the molecule is CCCNc1ccc(C(=O)N(CCC)CCC)cn1. The molecular weight excluding hydrogens is 238 g/mol. The van der Waals surface area contributed by atoms with Gasteiger partial charge in [-0.15, -0.1) is 0 Å². The number of rotatable bonds is 8. The molecule has 0 unspecified atom stereocenters. The maximum atomic E-state index is 12.3. The summed E-state index contributed by atoms with van der Waals surface area (Å²) in [5.74, 6) is 0.911. The van der Waals surface area contributed by atoms with E-state index in [1.807, 2.05) is 17.0 Å². The summed E-state index contributed by atoms with van der Waals surface area (Å²) in [5, 5.41) is 3.20. The Labute approximate surface area is 116 Å². The standard InChI is InChI=1S/C15H25N3O/c1-4-9-16-14-8-7-13(12-17-14)15(19)18(10-5-2)11-6-3/h7-8,12H,4-6,9-11H2,1-3H3,(H,16,17). The van der Waals surface area contributed by atoms with Crippen molar-refractivity contribution in [2.45, 2.75) is 40.0 Å². The Morgan fingerprint density at radius 1 is 1.16 bits per heavy atom. The number of carbonyl (C=O) groups is 1. The van der Waals surface area contributed by atoms with Crippen LogP contribution >= 0.6 is 0 Å². The predicted molar refractivity (Wildman–Crippen MR) is 79.5 cm³/mol. The van der Waals surface area contributed by atoms with E-state index in [1.54, 1.807) is 6.20 Å². The number of anilines is 1. The summed E-state index contributed by atoms with van der Waals surface area (Å²) in [6.45, 7) is 8.80. The van der Waals surface area contributed by atoms with E-state index in [1.165, 1.54) is 0 Å². The second-order valence-corrected chi connectivity index (χ2v) is 4.65. The fourth-order valence-electron chi connectivity index (χ4n) is 1.92. The molecule has 1 rings (SSSR count). The van der Waals surface area contributed by atoms with E-state index in [0.717, 1.165) is 44.7 Å². The van der Waals surface area contributed by atoms with Crippen molar-refractivity contribution < 1.29 is 4.79 Å². The molecule has 0 saturated carbocycles. The second-order valence-electron chi connectivity index (χ2n) is 4.65. The van der Waals surface area contributed by atoms with E-state index in [-0.39, 0.29) is 5.91 Å². The molecule has 4 heteroatoms. The van der Waals surface area contributed by atoms with Crippen molar-refractivity contribution in [2.24, 2.45) is 0 Å². The summed E-state index contributed by atoms with van der Waals surface area (Å²) in [6.07, 6.45) is 4.69. The number of hydrogen-bond acceptors (Lipinski definition) is 3. The van der Waals surface area contributed by atoms with Crippen LogP contribution in [-0.2, 0) is 0 Å². The lowest BCUT2D eigenvalue weighted by Gasteiger charge is -2.21. The molecule has 0 saturated heterocycles. The molecule has 0 aliphatic rings. The van der Waals surface area contributed by atoms with Crippen LogP contribution in [0.1, 0.15) is 50.4 Å². The Balaban J connectivity index is 2.69. The molecule has 0 aromatic carbocycles. The van der Waals surface area contributed by atoms with Crippen molar-refractivity contribution in [3.8, 4) is 0 Å². The van der Waals surface area contributed by atoms with Crippen LogP contribution in [0, 0.1) is 0 Å². The van der Waals surface area contributed by atoms with Crippen molar-refractivity contribution >= 4 is 11.7 Å². The van der Waals surface area contributed by atoms with Gasteiger partial charge in [0.25, 0.3) is 5.91 Å². The summed E-state index contributed by atoms with van der Waals surface area (Å²) in [7, 11) is 0. The highest BCUT2D eigenvalue weighted by atomic mass is 16.2. The van der Waals surface area contributed by atoms with Crippen molar-refractivity contribution in [3.05, 3.63) is 23.9 Å². The third-order valence-corrected chi connectivity index (χ3v) is 2.84. The van der Waals surface area contributed by atoms with Crippen LogP contribution in [0.2, 0.25) is 0 Å². The largest absolute Gasteiger partial charge is 0.370 e. The molecule has 1 aromatic heterocycles. The Bertz CT molecular complexity index is 369. The Kier molecular flexibility index (Phi) is 6.93. The number of aromatic nitrogens is 1. The monoisotopic (exact) mass is 263 g/mol. The maximum absolute atomic E-state index is 12.3. The van der Waals surface area contributed by atoms with Crippen LogP contribution in [0.3, 0.4) is 0 Å². The zero-order valence-electron chi connectivity index (χ0n) is 12.3. The molecule has 1 heterocycles. The predicted octanol–water partition coefficient (Wildman–Crippen LogP) is 3.17. The zero-order chi connectivity index (χ0) is 14.1. The van der Waals surface area contributed by atoms with E-state index in [0.29, 0.717) is 5.56 Å². The topological polar surface area (TPSA) is 45.2 Å². The number of carbonyl (C=O) groups excluding carboxylic acids is 1. The minimum absolute atomic E-state index is 0.0817. The molecular formula is C15H25N3O. The Morgan fingerprint density at radius 2 is 1.84 bits per heavy atom. The average molecular weight is 263 g/mol. The van der Waals surface area contributed by atoms with E-state index in [2.05, 4.69) is 31.1 Å². The fraction of sp³-hybridized carbons (Fsp3) is 0.600. The summed E-state index contributed by atoms with van der Waals surface area (Å²) in [4.78, 5) is 18.5. The molecule has 1 N–H and O–H groups in total. The first-order valence-corrected chi connectivity index (χ1v) is 7.22. The Morgan fingerprint density at radius 3 is 2.32 bits per heavy atom. The molecule has 0 fully saturated rings. The molecule has 0 radical (unpaired) electrons. The van der Waals surface area contributed by atoms with Gasteiger partial charge in [-0.25, -0.2) is 4.98 Å². The van der Waals surface area contributed by atoms with Crippen LogP contribution in [0.4, 0.5) is 5.82 Å². The first-order valence-electron chi connectivity index (χ1n) is 7.22. The smallest absolute Gasteiger partial charge is 0.255 e. The lowest BCUT2D eigenvalue weighted by Crippen LogP contribution is -2.32. The number of nitrogens with zero attached hydrogens (tertiary/aromatic N) is 2. The fourth-order valence-corrected chi connectivity index (χ4v) is 1.92. The third-order valence-electron chi connectivity index (χ3n) is 2.84. The van der Waals surface area contributed by atoms with Crippen LogP contribution in [0.25, 0.3) is 0 Å². The maximum Gasteiger partial charge on any atom is 0.255 e. The first-order chi connectivity index (χ1) is 9.22. The van der Waals surface area contributed by atoms with Crippen molar-refractivity contribution in [3.63, 3.8) is 0 Å². The van der Waals surface area contributed by atoms with Gasteiger partial charge >= 0.3 is 0 Å². The molecule has 0 aliphatic heterocycles. The lowest BCUT2D eigenvalue weighted by atomic mass is 10.2. The van der Waals surface area contributed by atoms with Crippen molar-refractivity contribution in [1.82, 2.24) is 9.88 Å². The summed E-state index contributed by atoms with van der Waals surface area (Å²) < 4.78 is 0. The second kappa shape index (κ2) is 8.51. The van der Waals surface area contributed by atoms with E-state index in [9.17, 15) is 4.79 Å². The normalized spacial score (nSPS) is 10.3. The highest BCUT2D eigenvalue weighted by molar-refractivity contribution is 5.94. The van der Waals surface area contributed by atoms with Gasteiger partial charge in [-0.3, -0.25) is 4.79 Å². The summed E-state index contributed by atoms with van der Waals surface area (Å²) >= 11 is 0. The molecule has 1 amide bonds. The van der Waals surface area contributed by atoms with E-state index >= 15 is 0 Å².